The number of nitrogens with zero attached hydrogens (tertiary/aromatic N) is 1. The quantitative estimate of drug-likeness (QED) is 0.480. The molecule has 0 aromatic heterocycles. The number of ether oxygens (including phenoxy) is 1. The van der Waals surface area contributed by atoms with E-state index in [1.54, 1.807) is 32.2 Å². The number of amides is 1. The highest BCUT2D eigenvalue weighted by Crippen LogP contribution is 2.27. The standard InChI is InChI=1S/C26H31N3O4S/c1-18-10-13-20(14-11-18)28-34(31,32)21-15-12-19(2)23(16-21)26(30)27-17-24(29(3)4)22-8-6-7-9-25(22)33-5/h6-16,24,28H,17H2,1-5H3,(H,27,30). The smallest absolute Gasteiger partial charge is 0.261 e. The van der Waals surface area contributed by atoms with Gasteiger partial charge in [0, 0.05) is 23.4 Å². The maximum Gasteiger partial charge on any atom is 0.261 e. The molecule has 1 amide bonds. The monoisotopic (exact) mass is 481 g/mol. The summed E-state index contributed by atoms with van der Waals surface area (Å²) in [5, 5.41) is 2.95. The second-order valence-electron chi connectivity index (χ2n) is 8.38. The zero-order valence-corrected chi connectivity index (χ0v) is 20.9. The van der Waals surface area contributed by atoms with E-state index in [-0.39, 0.29) is 16.8 Å². The first kappa shape index (κ1) is 25.3. The Kier molecular flexibility index (Phi) is 7.96. The summed E-state index contributed by atoms with van der Waals surface area (Å²) in [6.07, 6.45) is 0. The van der Waals surface area contributed by atoms with Gasteiger partial charge in [-0.05, 0) is 63.8 Å². The summed E-state index contributed by atoms with van der Waals surface area (Å²) >= 11 is 0. The van der Waals surface area contributed by atoms with Crippen LogP contribution in [0.4, 0.5) is 5.69 Å². The van der Waals surface area contributed by atoms with Crippen molar-refractivity contribution in [2.45, 2.75) is 24.8 Å². The summed E-state index contributed by atoms with van der Waals surface area (Å²) < 4.78 is 33.9. The van der Waals surface area contributed by atoms with Gasteiger partial charge in [-0.3, -0.25) is 9.52 Å². The van der Waals surface area contributed by atoms with Crippen LogP contribution in [0.25, 0.3) is 0 Å². The van der Waals surface area contributed by atoms with Crippen LogP contribution in [0.2, 0.25) is 0 Å². The van der Waals surface area contributed by atoms with Crippen molar-refractivity contribution in [1.29, 1.82) is 0 Å². The van der Waals surface area contributed by atoms with Crippen molar-refractivity contribution < 1.29 is 17.9 Å². The van der Waals surface area contributed by atoms with E-state index in [2.05, 4.69) is 10.0 Å². The Hall–Kier alpha value is -3.36. The molecule has 0 radical (unpaired) electrons. The van der Waals surface area contributed by atoms with Crippen LogP contribution >= 0.6 is 0 Å². The van der Waals surface area contributed by atoms with Crippen molar-refractivity contribution in [3.8, 4) is 5.75 Å². The van der Waals surface area contributed by atoms with Gasteiger partial charge in [-0.15, -0.1) is 0 Å². The molecule has 1 unspecified atom stereocenters. The van der Waals surface area contributed by atoms with Gasteiger partial charge in [-0.1, -0.05) is 42.0 Å². The lowest BCUT2D eigenvalue weighted by Gasteiger charge is -2.26. The fourth-order valence-electron chi connectivity index (χ4n) is 3.65. The largest absolute Gasteiger partial charge is 0.496 e. The van der Waals surface area contributed by atoms with Crippen molar-refractivity contribution >= 4 is 21.6 Å². The van der Waals surface area contributed by atoms with E-state index >= 15 is 0 Å². The molecule has 0 aliphatic carbocycles. The number of sulfonamides is 1. The molecule has 0 fully saturated rings. The molecule has 8 heteroatoms. The Morgan fingerprint density at radius 3 is 2.32 bits per heavy atom. The average molecular weight is 482 g/mol. The van der Waals surface area contributed by atoms with Crippen molar-refractivity contribution in [2.24, 2.45) is 0 Å². The first-order chi connectivity index (χ1) is 16.1. The van der Waals surface area contributed by atoms with Crippen LogP contribution in [0.3, 0.4) is 0 Å². The number of rotatable bonds is 9. The number of carbonyl (C=O) groups is 1. The van der Waals surface area contributed by atoms with Gasteiger partial charge in [0.05, 0.1) is 18.0 Å². The maximum absolute atomic E-state index is 13.1. The first-order valence-electron chi connectivity index (χ1n) is 10.9. The number of likely N-dealkylation sites (N-methyl/N-ethyl adjacent to an activating group) is 1. The first-order valence-corrected chi connectivity index (χ1v) is 12.4. The van der Waals surface area contributed by atoms with Gasteiger partial charge in [0.2, 0.25) is 0 Å². The molecule has 0 spiro atoms. The van der Waals surface area contributed by atoms with Gasteiger partial charge in [0.25, 0.3) is 15.9 Å². The van der Waals surface area contributed by atoms with Gasteiger partial charge >= 0.3 is 0 Å². The molecule has 1 atom stereocenters. The van der Waals surface area contributed by atoms with Gasteiger partial charge < -0.3 is 15.0 Å². The number of hydrogen-bond donors (Lipinski definition) is 2. The number of benzene rings is 3. The lowest BCUT2D eigenvalue weighted by molar-refractivity contribution is 0.0940. The van der Waals surface area contributed by atoms with Crippen molar-refractivity contribution in [1.82, 2.24) is 10.2 Å². The lowest BCUT2D eigenvalue weighted by Crippen LogP contribution is -2.35. The summed E-state index contributed by atoms with van der Waals surface area (Å²) in [6, 6.07) is 19.2. The van der Waals surface area contributed by atoms with Crippen LogP contribution < -0.4 is 14.8 Å². The lowest BCUT2D eigenvalue weighted by atomic mass is 10.0. The number of anilines is 1. The predicted molar refractivity (Wildman–Crippen MR) is 135 cm³/mol. The second-order valence-corrected chi connectivity index (χ2v) is 10.1. The number of carbonyl (C=O) groups excluding carboxylic acids is 1. The fourth-order valence-corrected chi connectivity index (χ4v) is 4.73. The summed E-state index contributed by atoms with van der Waals surface area (Å²) in [4.78, 5) is 15.1. The molecule has 0 heterocycles. The Morgan fingerprint density at radius 2 is 1.68 bits per heavy atom. The number of aryl methyl sites for hydroxylation is 2. The van der Waals surface area contributed by atoms with Crippen molar-refractivity contribution in [3.63, 3.8) is 0 Å². The Bertz CT molecular complexity index is 1260. The number of methoxy groups -OCH3 is 1. The molecule has 0 aliphatic rings. The molecule has 0 saturated carbocycles. The summed E-state index contributed by atoms with van der Waals surface area (Å²) in [5.41, 5.74) is 3.43. The summed E-state index contributed by atoms with van der Waals surface area (Å²) in [6.45, 7) is 4.03. The van der Waals surface area contributed by atoms with E-state index in [0.717, 1.165) is 16.9 Å². The highest BCUT2D eigenvalue weighted by molar-refractivity contribution is 7.92. The van der Waals surface area contributed by atoms with Crippen molar-refractivity contribution in [3.05, 3.63) is 89.0 Å². The van der Waals surface area contributed by atoms with E-state index in [9.17, 15) is 13.2 Å². The minimum Gasteiger partial charge on any atom is -0.496 e. The number of para-hydroxylation sites is 1. The topological polar surface area (TPSA) is 87.7 Å². The van der Waals surface area contributed by atoms with Crippen LogP contribution in [-0.2, 0) is 10.0 Å². The number of hydrogen-bond acceptors (Lipinski definition) is 5. The van der Waals surface area contributed by atoms with Crippen molar-refractivity contribution in [2.75, 3.05) is 32.5 Å². The van der Waals surface area contributed by atoms with E-state index < -0.39 is 10.0 Å². The van der Waals surface area contributed by atoms with E-state index in [0.29, 0.717) is 23.4 Å². The Morgan fingerprint density at radius 1 is 1.00 bits per heavy atom. The molecule has 7 nitrogen and oxygen atoms in total. The minimum absolute atomic E-state index is 0.0257. The third-order valence-electron chi connectivity index (χ3n) is 5.64. The molecule has 0 bridgehead atoms. The average Bonchev–Trinajstić information content (AvgIpc) is 2.80. The highest BCUT2D eigenvalue weighted by Gasteiger charge is 2.22. The minimum atomic E-state index is -3.85. The van der Waals surface area contributed by atoms with Gasteiger partial charge in [-0.25, -0.2) is 8.42 Å². The van der Waals surface area contributed by atoms with Crippen LogP contribution in [0.15, 0.2) is 71.6 Å². The Labute approximate surface area is 201 Å². The zero-order valence-electron chi connectivity index (χ0n) is 20.1. The summed E-state index contributed by atoms with van der Waals surface area (Å²) in [7, 11) is 1.62. The molecular weight excluding hydrogens is 450 g/mol. The van der Waals surface area contributed by atoms with Crippen LogP contribution in [0.1, 0.15) is 33.1 Å². The molecule has 180 valence electrons. The third kappa shape index (κ3) is 5.95. The van der Waals surface area contributed by atoms with Gasteiger partial charge in [0.1, 0.15) is 5.75 Å². The number of nitrogens with one attached hydrogen (secondary N) is 2. The molecule has 0 saturated heterocycles. The van der Waals surface area contributed by atoms with E-state index in [1.807, 2.05) is 62.3 Å². The van der Waals surface area contributed by atoms with Crippen LogP contribution in [0.5, 0.6) is 5.75 Å². The summed E-state index contributed by atoms with van der Waals surface area (Å²) in [5.74, 6) is 0.397. The normalized spacial score (nSPS) is 12.3. The Balaban J connectivity index is 1.80. The van der Waals surface area contributed by atoms with E-state index in [1.165, 1.54) is 12.1 Å². The SMILES string of the molecule is COc1ccccc1C(CNC(=O)c1cc(S(=O)(=O)Nc2ccc(C)cc2)ccc1C)N(C)C. The highest BCUT2D eigenvalue weighted by atomic mass is 32.2. The zero-order chi connectivity index (χ0) is 24.9. The molecule has 3 aromatic rings. The third-order valence-corrected chi connectivity index (χ3v) is 7.02. The van der Waals surface area contributed by atoms with Crippen LogP contribution in [0, 0.1) is 13.8 Å². The molecular formula is C26H31N3O4S. The molecule has 3 rings (SSSR count). The molecule has 34 heavy (non-hydrogen) atoms. The molecule has 2 N–H and O–H groups in total. The van der Waals surface area contributed by atoms with Gasteiger partial charge in [0.15, 0.2) is 0 Å². The predicted octanol–water partition coefficient (Wildman–Crippen LogP) is 4.15. The second kappa shape index (κ2) is 10.7. The fraction of sp³-hybridized carbons (Fsp3) is 0.269. The van der Waals surface area contributed by atoms with Crippen LogP contribution in [-0.4, -0.2) is 47.0 Å². The molecule has 0 aliphatic heterocycles. The van der Waals surface area contributed by atoms with Gasteiger partial charge in [-0.2, -0.15) is 0 Å². The van der Waals surface area contributed by atoms with E-state index in [4.69, 9.17) is 4.74 Å². The maximum atomic E-state index is 13.1. The molecule has 3 aromatic carbocycles.